The Bertz CT molecular complexity index is 456. The fourth-order valence-electron chi connectivity index (χ4n) is 1.50. The third-order valence-corrected chi connectivity index (χ3v) is 2.28. The molecule has 17 heavy (non-hydrogen) atoms. The van der Waals surface area contributed by atoms with E-state index < -0.39 is 0 Å². The van der Waals surface area contributed by atoms with Gasteiger partial charge in [0.15, 0.2) is 0 Å². The molecule has 5 heteroatoms. The average Bonchev–Trinajstić information content (AvgIpc) is 2.29. The number of hydrogen-bond donors (Lipinski definition) is 2. The smallest absolute Gasteiger partial charge is 0.221 e. The van der Waals surface area contributed by atoms with E-state index >= 15 is 0 Å². The highest BCUT2D eigenvalue weighted by Gasteiger charge is 1.97. The quantitative estimate of drug-likeness (QED) is 0.844. The predicted octanol–water partition coefficient (Wildman–Crippen LogP) is 1.85. The summed E-state index contributed by atoms with van der Waals surface area (Å²) in [5.41, 5.74) is 6.39. The van der Waals surface area contributed by atoms with Crippen molar-refractivity contribution in [3.63, 3.8) is 0 Å². The number of rotatable bonds is 4. The van der Waals surface area contributed by atoms with Crippen molar-refractivity contribution in [2.45, 2.75) is 6.42 Å². The van der Waals surface area contributed by atoms with Gasteiger partial charge in [0.1, 0.15) is 11.6 Å². The molecule has 0 aliphatic rings. The lowest BCUT2D eigenvalue weighted by molar-refractivity contribution is 0.625. The molecule has 1 aromatic heterocycles. The number of halogens is 1. The molecule has 0 spiro atoms. The van der Waals surface area contributed by atoms with Crippen LogP contribution in [-0.2, 0) is 6.42 Å². The van der Waals surface area contributed by atoms with Crippen molar-refractivity contribution in [2.75, 3.05) is 17.6 Å². The van der Waals surface area contributed by atoms with Crippen molar-refractivity contribution in [1.82, 2.24) is 9.97 Å². The third-order valence-electron chi connectivity index (χ3n) is 2.28. The zero-order chi connectivity index (χ0) is 12.1. The molecular formula is C12H13FN4. The maximum absolute atomic E-state index is 12.9. The molecule has 0 bridgehead atoms. The van der Waals surface area contributed by atoms with E-state index in [1.54, 1.807) is 18.3 Å². The Hall–Kier alpha value is -2.17. The van der Waals surface area contributed by atoms with Crippen LogP contribution in [0.25, 0.3) is 0 Å². The van der Waals surface area contributed by atoms with Gasteiger partial charge >= 0.3 is 0 Å². The van der Waals surface area contributed by atoms with Gasteiger partial charge in [0.25, 0.3) is 0 Å². The van der Waals surface area contributed by atoms with Gasteiger partial charge in [-0.25, -0.2) is 9.37 Å². The summed E-state index contributed by atoms with van der Waals surface area (Å²) in [4.78, 5) is 7.80. The number of nitrogens with two attached hydrogens (primary N) is 1. The molecule has 0 amide bonds. The first-order valence-corrected chi connectivity index (χ1v) is 5.31. The van der Waals surface area contributed by atoms with Crippen molar-refractivity contribution in [3.8, 4) is 0 Å². The molecule has 88 valence electrons. The summed E-state index contributed by atoms with van der Waals surface area (Å²) < 4.78 is 12.9. The van der Waals surface area contributed by atoms with E-state index in [0.717, 1.165) is 12.0 Å². The van der Waals surface area contributed by atoms with E-state index in [9.17, 15) is 4.39 Å². The Morgan fingerprint density at radius 3 is 2.94 bits per heavy atom. The Balaban J connectivity index is 1.87. The fourth-order valence-corrected chi connectivity index (χ4v) is 1.50. The zero-order valence-corrected chi connectivity index (χ0v) is 9.23. The van der Waals surface area contributed by atoms with Gasteiger partial charge < -0.3 is 11.1 Å². The second-order valence-corrected chi connectivity index (χ2v) is 3.61. The fraction of sp³-hybridized carbons (Fsp3) is 0.167. The van der Waals surface area contributed by atoms with Crippen molar-refractivity contribution in [2.24, 2.45) is 0 Å². The molecule has 2 rings (SSSR count). The molecular weight excluding hydrogens is 219 g/mol. The molecule has 0 unspecified atom stereocenters. The number of anilines is 2. The first-order valence-electron chi connectivity index (χ1n) is 5.31. The number of nitrogens with one attached hydrogen (secondary N) is 1. The lowest BCUT2D eigenvalue weighted by Crippen LogP contribution is -2.07. The number of hydrogen-bond acceptors (Lipinski definition) is 4. The van der Waals surface area contributed by atoms with Crippen LogP contribution in [0.1, 0.15) is 5.56 Å². The van der Waals surface area contributed by atoms with Crippen molar-refractivity contribution < 1.29 is 4.39 Å². The van der Waals surface area contributed by atoms with Crippen LogP contribution in [0, 0.1) is 5.82 Å². The van der Waals surface area contributed by atoms with Crippen LogP contribution >= 0.6 is 0 Å². The number of nitrogens with zero attached hydrogens (tertiary/aromatic N) is 2. The van der Waals surface area contributed by atoms with E-state index in [2.05, 4.69) is 15.3 Å². The maximum Gasteiger partial charge on any atom is 0.221 e. The molecule has 0 saturated heterocycles. The normalized spacial score (nSPS) is 10.2. The molecule has 0 radical (unpaired) electrons. The number of benzene rings is 1. The summed E-state index contributed by atoms with van der Waals surface area (Å²) in [5.74, 6) is 0.698. The summed E-state index contributed by atoms with van der Waals surface area (Å²) in [7, 11) is 0. The van der Waals surface area contributed by atoms with Gasteiger partial charge in [-0.3, -0.25) is 0 Å². The highest BCUT2D eigenvalue weighted by Crippen LogP contribution is 2.06. The van der Waals surface area contributed by atoms with E-state index in [1.807, 2.05) is 6.07 Å². The second-order valence-electron chi connectivity index (χ2n) is 3.61. The zero-order valence-electron chi connectivity index (χ0n) is 9.23. The van der Waals surface area contributed by atoms with Gasteiger partial charge in [-0.15, -0.1) is 0 Å². The first-order chi connectivity index (χ1) is 8.24. The lowest BCUT2D eigenvalue weighted by Gasteiger charge is -2.05. The topological polar surface area (TPSA) is 63.8 Å². The molecule has 0 fully saturated rings. The first kappa shape index (κ1) is 11.3. The molecule has 2 aromatic rings. The minimum Gasteiger partial charge on any atom is -0.370 e. The van der Waals surface area contributed by atoms with E-state index in [1.165, 1.54) is 12.1 Å². The summed E-state index contributed by atoms with van der Waals surface area (Å²) >= 11 is 0. The van der Waals surface area contributed by atoms with Crippen LogP contribution in [-0.4, -0.2) is 16.5 Å². The van der Waals surface area contributed by atoms with Crippen molar-refractivity contribution in [3.05, 3.63) is 47.9 Å². The van der Waals surface area contributed by atoms with Crippen molar-refractivity contribution in [1.29, 1.82) is 0 Å². The number of aromatic nitrogens is 2. The Morgan fingerprint density at radius 1 is 1.29 bits per heavy atom. The van der Waals surface area contributed by atoms with Gasteiger partial charge in [0.05, 0.1) is 0 Å². The van der Waals surface area contributed by atoms with Gasteiger partial charge in [-0.2, -0.15) is 4.98 Å². The SMILES string of the molecule is Nc1nccc(NCCc2cccc(F)c2)n1. The Kier molecular flexibility index (Phi) is 3.49. The monoisotopic (exact) mass is 232 g/mol. The second kappa shape index (κ2) is 5.25. The summed E-state index contributed by atoms with van der Waals surface area (Å²) in [6.07, 6.45) is 2.31. The average molecular weight is 232 g/mol. The lowest BCUT2D eigenvalue weighted by atomic mass is 10.1. The molecule has 1 heterocycles. The summed E-state index contributed by atoms with van der Waals surface area (Å²) in [6, 6.07) is 8.28. The van der Waals surface area contributed by atoms with Crippen LogP contribution in [0.4, 0.5) is 16.2 Å². The molecule has 1 aromatic carbocycles. The number of nitrogen functional groups attached to an aromatic ring is 1. The van der Waals surface area contributed by atoms with Crippen LogP contribution in [0.5, 0.6) is 0 Å². The van der Waals surface area contributed by atoms with Gasteiger partial charge in [-0.05, 0) is 30.2 Å². The van der Waals surface area contributed by atoms with Crippen molar-refractivity contribution >= 4 is 11.8 Å². The highest BCUT2D eigenvalue weighted by atomic mass is 19.1. The molecule has 4 nitrogen and oxygen atoms in total. The third kappa shape index (κ3) is 3.41. The van der Waals surface area contributed by atoms with Gasteiger partial charge in [0, 0.05) is 12.7 Å². The molecule has 0 saturated carbocycles. The molecule has 0 aliphatic carbocycles. The predicted molar refractivity (Wildman–Crippen MR) is 65.0 cm³/mol. The van der Waals surface area contributed by atoms with E-state index in [4.69, 9.17) is 5.73 Å². The van der Waals surface area contributed by atoms with Crippen LogP contribution < -0.4 is 11.1 Å². The standard InChI is InChI=1S/C12H13FN4/c13-10-3-1-2-9(8-10)4-6-15-11-5-7-16-12(14)17-11/h1-3,5,7-8H,4,6H2,(H3,14,15,16,17). The van der Waals surface area contributed by atoms with E-state index in [-0.39, 0.29) is 11.8 Å². The minimum atomic E-state index is -0.214. The van der Waals surface area contributed by atoms with Crippen LogP contribution in [0.15, 0.2) is 36.5 Å². The Morgan fingerprint density at radius 2 is 2.18 bits per heavy atom. The van der Waals surface area contributed by atoms with Gasteiger partial charge in [-0.1, -0.05) is 12.1 Å². The Labute approximate surface area is 98.7 Å². The molecule has 0 atom stereocenters. The van der Waals surface area contributed by atoms with Crippen LogP contribution in [0.3, 0.4) is 0 Å². The largest absolute Gasteiger partial charge is 0.370 e. The van der Waals surface area contributed by atoms with E-state index in [0.29, 0.717) is 12.4 Å². The molecule has 0 aliphatic heterocycles. The minimum absolute atomic E-state index is 0.214. The molecule has 3 N–H and O–H groups in total. The maximum atomic E-state index is 12.9. The summed E-state index contributed by atoms with van der Waals surface area (Å²) in [6.45, 7) is 0.667. The summed E-state index contributed by atoms with van der Waals surface area (Å²) in [5, 5.41) is 3.10. The van der Waals surface area contributed by atoms with Gasteiger partial charge in [0.2, 0.25) is 5.95 Å². The highest BCUT2D eigenvalue weighted by molar-refractivity contribution is 5.37. The van der Waals surface area contributed by atoms with Crippen LogP contribution in [0.2, 0.25) is 0 Å².